The Bertz CT molecular complexity index is 477. The second-order valence-electron chi connectivity index (χ2n) is 9.72. The maximum atomic E-state index is 6.19. The number of hydrogen-bond donors (Lipinski definition) is 1. The van der Waals surface area contributed by atoms with Crippen LogP contribution in [0, 0.1) is 29.6 Å². The number of nitrogens with one attached hydrogen (secondary N) is 1. The Balaban J connectivity index is 2.43. The molecule has 0 aromatic heterocycles. The topological polar surface area (TPSA) is 33.6 Å². The summed E-state index contributed by atoms with van der Waals surface area (Å²) in [6, 6.07) is 0. The van der Waals surface area contributed by atoms with Gasteiger partial charge in [0.15, 0.2) is 8.32 Å². The maximum Gasteiger partial charge on any atom is 0.192 e. The first kappa shape index (κ1) is 22.4. The van der Waals surface area contributed by atoms with E-state index >= 15 is 0 Å². The average Bonchev–Trinajstić information content (AvgIpc) is 2.43. The van der Waals surface area contributed by atoms with Crippen molar-refractivity contribution in [2.45, 2.75) is 73.5 Å². The lowest BCUT2D eigenvalue weighted by Crippen LogP contribution is -2.42. The standard InChI is InChI=1S/C21H42N2OSi/c1-15(2)16(3)17(4)19-11-12-20(19)18(5)23-22-13-14-24-25(9,10)21(6,7)8/h11-12,15-17,19-20,22H,13-14H2,1-10H3/t16-,17-,19+,20-/m0/s1. The summed E-state index contributed by atoms with van der Waals surface area (Å²) in [7, 11) is -1.65. The van der Waals surface area contributed by atoms with Crippen molar-refractivity contribution < 1.29 is 4.43 Å². The summed E-state index contributed by atoms with van der Waals surface area (Å²) in [6.45, 7) is 24.5. The Kier molecular flexibility index (Phi) is 7.94. The second-order valence-corrected chi connectivity index (χ2v) is 14.5. The van der Waals surface area contributed by atoms with Crippen LogP contribution in [0.5, 0.6) is 0 Å². The summed E-state index contributed by atoms with van der Waals surface area (Å²) in [6.07, 6.45) is 4.68. The van der Waals surface area contributed by atoms with Gasteiger partial charge in [-0.05, 0) is 48.7 Å². The van der Waals surface area contributed by atoms with Gasteiger partial charge in [-0.2, -0.15) is 5.10 Å². The zero-order valence-electron chi connectivity index (χ0n) is 18.3. The molecule has 0 bridgehead atoms. The van der Waals surface area contributed by atoms with Crippen LogP contribution in [-0.4, -0.2) is 27.2 Å². The summed E-state index contributed by atoms with van der Waals surface area (Å²) in [4.78, 5) is 0. The molecule has 0 saturated carbocycles. The molecule has 25 heavy (non-hydrogen) atoms. The first-order valence-electron chi connectivity index (χ1n) is 9.97. The predicted octanol–water partition coefficient (Wildman–Crippen LogP) is 5.70. The van der Waals surface area contributed by atoms with Crippen LogP contribution in [0.3, 0.4) is 0 Å². The number of hydrogen-bond acceptors (Lipinski definition) is 3. The zero-order valence-corrected chi connectivity index (χ0v) is 19.3. The van der Waals surface area contributed by atoms with E-state index in [4.69, 9.17) is 4.43 Å². The third-order valence-corrected chi connectivity index (χ3v) is 11.2. The van der Waals surface area contributed by atoms with Crippen molar-refractivity contribution in [3.8, 4) is 0 Å². The van der Waals surface area contributed by atoms with Gasteiger partial charge in [0.05, 0.1) is 13.2 Å². The van der Waals surface area contributed by atoms with E-state index in [9.17, 15) is 0 Å². The van der Waals surface area contributed by atoms with E-state index in [0.717, 1.165) is 25.0 Å². The molecule has 0 aromatic carbocycles. The van der Waals surface area contributed by atoms with Gasteiger partial charge in [0.2, 0.25) is 0 Å². The highest BCUT2D eigenvalue weighted by atomic mass is 28.4. The molecule has 0 spiro atoms. The lowest BCUT2D eigenvalue weighted by Gasteiger charge is -2.38. The molecule has 0 heterocycles. The Morgan fingerprint density at radius 2 is 1.76 bits per heavy atom. The van der Waals surface area contributed by atoms with E-state index in [2.05, 4.69) is 91.2 Å². The van der Waals surface area contributed by atoms with Gasteiger partial charge < -0.3 is 9.85 Å². The summed E-state index contributed by atoms with van der Waals surface area (Å²) >= 11 is 0. The van der Waals surface area contributed by atoms with Crippen molar-refractivity contribution in [3.05, 3.63) is 12.2 Å². The lowest BCUT2D eigenvalue weighted by molar-refractivity contribution is 0.214. The monoisotopic (exact) mass is 366 g/mol. The largest absolute Gasteiger partial charge is 0.415 e. The molecular weight excluding hydrogens is 324 g/mol. The summed E-state index contributed by atoms with van der Waals surface area (Å²) < 4.78 is 6.19. The number of hydrazone groups is 1. The van der Waals surface area contributed by atoms with E-state index < -0.39 is 8.32 Å². The van der Waals surface area contributed by atoms with Crippen LogP contribution in [-0.2, 0) is 4.43 Å². The van der Waals surface area contributed by atoms with E-state index in [1.54, 1.807) is 0 Å². The maximum absolute atomic E-state index is 6.19. The molecule has 0 fully saturated rings. The van der Waals surface area contributed by atoms with Gasteiger partial charge in [0.1, 0.15) is 0 Å². The second kappa shape index (κ2) is 8.85. The minimum absolute atomic E-state index is 0.263. The molecule has 0 saturated heterocycles. The van der Waals surface area contributed by atoms with E-state index in [1.165, 1.54) is 5.71 Å². The SMILES string of the molecule is CC(=NNCCO[Si](C)(C)C(C)(C)C)[C@@H]1C=C[C@@H]1[C@@H](C)[C@@H](C)C(C)C. The fourth-order valence-electron chi connectivity index (χ4n) is 3.05. The Morgan fingerprint density at radius 1 is 1.16 bits per heavy atom. The first-order valence-corrected chi connectivity index (χ1v) is 12.9. The smallest absolute Gasteiger partial charge is 0.192 e. The molecule has 1 aliphatic rings. The fourth-order valence-corrected chi connectivity index (χ4v) is 4.10. The van der Waals surface area contributed by atoms with Gasteiger partial charge in [-0.3, -0.25) is 0 Å². The molecule has 3 nitrogen and oxygen atoms in total. The quantitative estimate of drug-likeness (QED) is 0.186. The molecule has 1 aliphatic carbocycles. The van der Waals surface area contributed by atoms with E-state index in [1.807, 2.05) is 0 Å². The Labute approximate surface area is 157 Å². The molecule has 0 aliphatic heterocycles. The first-order chi connectivity index (χ1) is 11.4. The van der Waals surface area contributed by atoms with Crippen molar-refractivity contribution in [2.24, 2.45) is 34.7 Å². The van der Waals surface area contributed by atoms with Gasteiger partial charge in [-0.15, -0.1) is 0 Å². The third-order valence-electron chi connectivity index (χ3n) is 6.66. The van der Waals surface area contributed by atoms with Gasteiger partial charge in [0, 0.05) is 11.6 Å². The molecule has 1 rings (SSSR count). The van der Waals surface area contributed by atoms with Gasteiger partial charge in [-0.25, -0.2) is 0 Å². The molecule has 0 amide bonds. The number of rotatable bonds is 9. The van der Waals surface area contributed by atoms with Gasteiger partial charge in [0.25, 0.3) is 0 Å². The summed E-state index contributed by atoms with van der Waals surface area (Å²) in [5.74, 6) is 3.28. The summed E-state index contributed by atoms with van der Waals surface area (Å²) in [5.41, 5.74) is 4.42. The highest BCUT2D eigenvalue weighted by Crippen LogP contribution is 2.39. The highest BCUT2D eigenvalue weighted by Gasteiger charge is 2.37. The molecule has 146 valence electrons. The normalized spacial score (nSPS) is 24.2. The predicted molar refractivity (Wildman–Crippen MR) is 114 cm³/mol. The number of allylic oxidation sites excluding steroid dienone is 2. The third kappa shape index (κ3) is 5.95. The van der Waals surface area contributed by atoms with Gasteiger partial charge in [-0.1, -0.05) is 60.6 Å². The molecule has 4 atom stereocenters. The molecule has 4 heteroatoms. The summed E-state index contributed by atoms with van der Waals surface area (Å²) in [5, 5.41) is 4.88. The van der Waals surface area contributed by atoms with Crippen molar-refractivity contribution in [1.29, 1.82) is 0 Å². The van der Waals surface area contributed by atoms with Crippen LogP contribution in [0.1, 0.15) is 55.4 Å². The van der Waals surface area contributed by atoms with Gasteiger partial charge >= 0.3 is 0 Å². The highest BCUT2D eigenvalue weighted by molar-refractivity contribution is 6.74. The van der Waals surface area contributed by atoms with E-state index in [0.29, 0.717) is 17.8 Å². The minimum Gasteiger partial charge on any atom is -0.415 e. The van der Waals surface area contributed by atoms with Crippen LogP contribution >= 0.6 is 0 Å². The number of nitrogens with zero attached hydrogens (tertiary/aromatic N) is 1. The zero-order chi connectivity index (χ0) is 19.4. The molecular formula is C21H42N2OSi. The van der Waals surface area contributed by atoms with Crippen molar-refractivity contribution >= 4 is 14.0 Å². The minimum atomic E-state index is -1.65. The Hall–Kier alpha value is -0.613. The van der Waals surface area contributed by atoms with Crippen LogP contribution in [0.2, 0.25) is 18.1 Å². The van der Waals surface area contributed by atoms with Crippen LogP contribution in [0.4, 0.5) is 0 Å². The van der Waals surface area contributed by atoms with Crippen LogP contribution in [0.15, 0.2) is 17.3 Å². The van der Waals surface area contributed by atoms with E-state index in [-0.39, 0.29) is 5.04 Å². The molecule has 0 aromatic rings. The fraction of sp³-hybridized carbons (Fsp3) is 0.857. The Morgan fingerprint density at radius 3 is 2.20 bits per heavy atom. The van der Waals surface area contributed by atoms with Crippen LogP contribution in [0.25, 0.3) is 0 Å². The van der Waals surface area contributed by atoms with Crippen molar-refractivity contribution in [3.63, 3.8) is 0 Å². The molecule has 1 N–H and O–H groups in total. The van der Waals surface area contributed by atoms with Crippen LogP contribution < -0.4 is 5.43 Å². The van der Waals surface area contributed by atoms with Crippen molar-refractivity contribution in [2.75, 3.05) is 13.2 Å². The average molecular weight is 367 g/mol. The molecule has 0 unspecified atom stereocenters. The lowest BCUT2D eigenvalue weighted by atomic mass is 9.67. The molecule has 0 radical (unpaired) electrons. The van der Waals surface area contributed by atoms with Crippen molar-refractivity contribution in [1.82, 2.24) is 5.43 Å².